The Morgan fingerprint density at radius 2 is 1.89 bits per heavy atom. The van der Waals surface area contributed by atoms with Crippen molar-refractivity contribution in [3.8, 4) is 0 Å². The van der Waals surface area contributed by atoms with Crippen molar-refractivity contribution in [1.29, 1.82) is 0 Å². The summed E-state index contributed by atoms with van der Waals surface area (Å²) in [7, 11) is 0. The first-order valence-corrected chi connectivity index (χ1v) is 11.3. The molecule has 27 heavy (non-hydrogen) atoms. The maximum absolute atomic E-state index is 4.73. The van der Waals surface area contributed by atoms with Crippen LogP contribution in [0.2, 0.25) is 0 Å². The number of rotatable bonds is 7. The highest BCUT2D eigenvalue weighted by molar-refractivity contribution is 5.50. The van der Waals surface area contributed by atoms with Crippen LogP contribution in [0.15, 0.2) is 6.33 Å². The molecule has 0 amide bonds. The first kappa shape index (κ1) is 19.1. The second-order valence-electron chi connectivity index (χ2n) is 8.80. The molecule has 0 aromatic carbocycles. The maximum atomic E-state index is 4.73. The number of anilines is 1. The summed E-state index contributed by atoms with van der Waals surface area (Å²) in [4.78, 5) is 17.3. The number of aromatic nitrogens is 2. The van der Waals surface area contributed by atoms with E-state index in [2.05, 4.69) is 33.5 Å². The highest BCUT2D eigenvalue weighted by Gasteiger charge is 2.30. The van der Waals surface area contributed by atoms with E-state index < -0.39 is 0 Å². The molecule has 0 N–H and O–H groups in total. The number of fused-ring (bicyclic) bond motifs is 1. The third-order valence-electron chi connectivity index (χ3n) is 7.07. The lowest BCUT2D eigenvalue weighted by atomic mass is 9.91. The van der Waals surface area contributed by atoms with Gasteiger partial charge in [-0.1, -0.05) is 32.6 Å². The lowest BCUT2D eigenvalue weighted by Crippen LogP contribution is -2.52. The van der Waals surface area contributed by atoms with Crippen LogP contribution in [0.1, 0.15) is 70.1 Å². The summed E-state index contributed by atoms with van der Waals surface area (Å²) in [6.45, 7) is 11.5. The van der Waals surface area contributed by atoms with Crippen molar-refractivity contribution in [2.24, 2.45) is 0 Å². The number of hydrogen-bond acceptors (Lipinski definition) is 5. The zero-order valence-electron chi connectivity index (χ0n) is 17.4. The summed E-state index contributed by atoms with van der Waals surface area (Å²) in [5.41, 5.74) is 2.70. The van der Waals surface area contributed by atoms with Crippen LogP contribution >= 0.6 is 0 Å². The summed E-state index contributed by atoms with van der Waals surface area (Å²) in [5.74, 6) is 1.23. The molecule has 150 valence electrons. The summed E-state index contributed by atoms with van der Waals surface area (Å²) in [5, 5.41) is 0. The van der Waals surface area contributed by atoms with Crippen LogP contribution in [0.5, 0.6) is 0 Å². The fraction of sp³-hybridized carbons (Fsp3) is 0.818. The number of piperazine rings is 1. The maximum Gasteiger partial charge on any atom is 0.135 e. The molecule has 3 aliphatic rings. The average Bonchev–Trinajstić information content (AvgIpc) is 2.66. The number of nitrogens with zero attached hydrogens (tertiary/aromatic N) is 5. The average molecular weight is 372 g/mol. The standard InChI is InChI=1S/C22H37N5/c1-3-4-5-7-18(2)27-11-10-20-21(16-27)23-17-24-22(20)26-14-12-25(13-15-26)19-8-6-9-19/h17-19H,3-16H2,1-2H3. The molecule has 5 nitrogen and oxygen atoms in total. The van der Waals surface area contributed by atoms with Gasteiger partial charge in [0.1, 0.15) is 12.1 Å². The van der Waals surface area contributed by atoms with Gasteiger partial charge >= 0.3 is 0 Å². The fourth-order valence-electron chi connectivity index (χ4n) is 4.93. The Morgan fingerprint density at radius 1 is 1.07 bits per heavy atom. The Morgan fingerprint density at radius 3 is 2.59 bits per heavy atom. The topological polar surface area (TPSA) is 35.5 Å². The van der Waals surface area contributed by atoms with E-state index in [0.717, 1.165) is 38.6 Å². The molecule has 1 saturated heterocycles. The van der Waals surface area contributed by atoms with Gasteiger partial charge in [0.2, 0.25) is 0 Å². The molecular formula is C22H37N5. The molecule has 2 aliphatic heterocycles. The predicted molar refractivity (Wildman–Crippen MR) is 111 cm³/mol. The lowest BCUT2D eigenvalue weighted by Gasteiger charge is -2.44. The van der Waals surface area contributed by atoms with Gasteiger partial charge in [-0.05, 0) is 32.6 Å². The molecule has 1 aromatic heterocycles. The SMILES string of the molecule is CCCCCC(C)N1CCc2c(ncnc2N2CCN(C3CCC3)CC2)C1. The van der Waals surface area contributed by atoms with Gasteiger partial charge in [-0.2, -0.15) is 0 Å². The molecule has 5 heteroatoms. The van der Waals surface area contributed by atoms with Gasteiger partial charge < -0.3 is 4.90 Å². The van der Waals surface area contributed by atoms with Gasteiger partial charge in [-0.15, -0.1) is 0 Å². The highest BCUT2D eigenvalue weighted by Crippen LogP contribution is 2.30. The smallest absolute Gasteiger partial charge is 0.135 e. The molecular weight excluding hydrogens is 334 g/mol. The molecule has 2 fully saturated rings. The molecule has 1 saturated carbocycles. The molecule has 4 rings (SSSR count). The Kier molecular flexibility index (Phi) is 6.28. The fourth-order valence-corrected chi connectivity index (χ4v) is 4.93. The second-order valence-corrected chi connectivity index (χ2v) is 8.80. The van der Waals surface area contributed by atoms with Gasteiger partial charge in [0.05, 0.1) is 5.69 Å². The van der Waals surface area contributed by atoms with Crippen LogP contribution in [0.3, 0.4) is 0 Å². The minimum atomic E-state index is 0.661. The zero-order valence-corrected chi connectivity index (χ0v) is 17.4. The molecule has 0 spiro atoms. The Balaban J connectivity index is 1.37. The molecule has 0 radical (unpaired) electrons. The molecule has 1 atom stereocenters. The molecule has 0 bridgehead atoms. The predicted octanol–water partition coefficient (Wildman–Crippen LogP) is 3.48. The van der Waals surface area contributed by atoms with Crippen molar-refractivity contribution in [1.82, 2.24) is 19.8 Å². The van der Waals surface area contributed by atoms with E-state index in [1.807, 2.05) is 0 Å². The first-order chi connectivity index (χ1) is 13.3. The molecule has 3 heterocycles. The van der Waals surface area contributed by atoms with Crippen LogP contribution in [-0.2, 0) is 13.0 Å². The third kappa shape index (κ3) is 4.29. The van der Waals surface area contributed by atoms with Crippen LogP contribution in [0.4, 0.5) is 5.82 Å². The van der Waals surface area contributed by atoms with E-state index >= 15 is 0 Å². The zero-order chi connectivity index (χ0) is 18.6. The number of unbranched alkanes of at least 4 members (excludes halogenated alkanes) is 2. The number of hydrogen-bond donors (Lipinski definition) is 0. The molecule has 1 aliphatic carbocycles. The highest BCUT2D eigenvalue weighted by atomic mass is 15.3. The van der Waals surface area contributed by atoms with E-state index in [-0.39, 0.29) is 0 Å². The summed E-state index contributed by atoms with van der Waals surface area (Å²) in [6, 6.07) is 1.53. The van der Waals surface area contributed by atoms with E-state index in [1.54, 1.807) is 6.33 Å². The van der Waals surface area contributed by atoms with Crippen molar-refractivity contribution in [2.75, 3.05) is 37.6 Å². The van der Waals surface area contributed by atoms with Crippen molar-refractivity contribution < 1.29 is 0 Å². The Hall–Kier alpha value is -1.20. The minimum Gasteiger partial charge on any atom is -0.354 e. The second kappa shape index (κ2) is 8.87. The van der Waals surface area contributed by atoms with Crippen LogP contribution < -0.4 is 4.90 Å². The largest absolute Gasteiger partial charge is 0.354 e. The minimum absolute atomic E-state index is 0.661. The first-order valence-electron chi connectivity index (χ1n) is 11.3. The van der Waals surface area contributed by atoms with Crippen molar-refractivity contribution in [3.63, 3.8) is 0 Å². The van der Waals surface area contributed by atoms with E-state index in [9.17, 15) is 0 Å². The van der Waals surface area contributed by atoms with Crippen molar-refractivity contribution in [3.05, 3.63) is 17.6 Å². The van der Waals surface area contributed by atoms with E-state index in [1.165, 1.54) is 75.1 Å². The van der Waals surface area contributed by atoms with Gasteiger partial charge in [-0.3, -0.25) is 9.80 Å². The van der Waals surface area contributed by atoms with E-state index in [0.29, 0.717) is 6.04 Å². The Bertz CT molecular complexity index is 607. The van der Waals surface area contributed by atoms with Crippen molar-refractivity contribution in [2.45, 2.75) is 83.8 Å². The third-order valence-corrected chi connectivity index (χ3v) is 7.07. The summed E-state index contributed by atoms with van der Waals surface area (Å²) < 4.78 is 0. The normalized spacial score (nSPS) is 23.1. The van der Waals surface area contributed by atoms with Crippen LogP contribution in [0, 0.1) is 0 Å². The monoisotopic (exact) mass is 371 g/mol. The van der Waals surface area contributed by atoms with Crippen LogP contribution in [0.25, 0.3) is 0 Å². The summed E-state index contributed by atoms with van der Waals surface area (Å²) in [6.07, 6.45) is 12.5. The van der Waals surface area contributed by atoms with Gasteiger partial charge in [-0.25, -0.2) is 9.97 Å². The van der Waals surface area contributed by atoms with Gasteiger partial charge in [0.25, 0.3) is 0 Å². The van der Waals surface area contributed by atoms with Gasteiger partial charge in [0, 0.05) is 56.9 Å². The van der Waals surface area contributed by atoms with Crippen molar-refractivity contribution >= 4 is 5.82 Å². The van der Waals surface area contributed by atoms with Gasteiger partial charge in [0.15, 0.2) is 0 Å². The quantitative estimate of drug-likeness (QED) is 0.686. The molecule has 1 unspecified atom stereocenters. The summed E-state index contributed by atoms with van der Waals surface area (Å²) >= 11 is 0. The van der Waals surface area contributed by atoms with Crippen LogP contribution in [-0.4, -0.2) is 64.6 Å². The lowest BCUT2D eigenvalue weighted by molar-refractivity contribution is 0.120. The Labute approximate surface area is 165 Å². The van der Waals surface area contributed by atoms with E-state index in [4.69, 9.17) is 4.98 Å². The molecule has 1 aromatic rings.